The quantitative estimate of drug-likeness (QED) is 0.625. The molecule has 0 radical (unpaired) electrons. The third kappa shape index (κ3) is 5.35. The van der Waals surface area contributed by atoms with Crippen LogP contribution in [0.15, 0.2) is 36.5 Å². The van der Waals surface area contributed by atoms with E-state index < -0.39 is 27.3 Å². The van der Waals surface area contributed by atoms with Crippen LogP contribution in [0.2, 0.25) is 10.0 Å². The number of nitrogens with zero attached hydrogens (tertiary/aromatic N) is 2. The van der Waals surface area contributed by atoms with Gasteiger partial charge in [0.2, 0.25) is 0 Å². The maximum absolute atomic E-state index is 14.7. The van der Waals surface area contributed by atoms with Crippen LogP contribution in [-0.4, -0.2) is 49.8 Å². The van der Waals surface area contributed by atoms with Gasteiger partial charge in [0.1, 0.15) is 5.82 Å². The van der Waals surface area contributed by atoms with Crippen molar-refractivity contribution in [3.63, 3.8) is 0 Å². The number of rotatable bonds is 7. The van der Waals surface area contributed by atoms with E-state index in [1.807, 2.05) is 0 Å². The van der Waals surface area contributed by atoms with Crippen LogP contribution in [0.4, 0.5) is 4.39 Å². The van der Waals surface area contributed by atoms with Gasteiger partial charge in [0.05, 0.1) is 16.3 Å². The van der Waals surface area contributed by atoms with Gasteiger partial charge in [0.25, 0.3) is 16.1 Å². The van der Waals surface area contributed by atoms with Gasteiger partial charge in [-0.15, -0.1) is 0 Å². The number of carbonyl (C=O) groups excluding carboxylic acids is 1. The molecule has 7 nitrogen and oxygen atoms in total. The normalized spacial score (nSPS) is 16.8. The Kier molecular flexibility index (Phi) is 7.54. The van der Waals surface area contributed by atoms with E-state index in [4.69, 9.17) is 23.2 Å². The summed E-state index contributed by atoms with van der Waals surface area (Å²) in [6.07, 6.45) is 2.07. The molecule has 1 fully saturated rings. The summed E-state index contributed by atoms with van der Waals surface area (Å²) in [5.41, 5.74) is -0.411. The zero-order chi connectivity index (χ0) is 22.6. The van der Waals surface area contributed by atoms with Crippen LogP contribution < -0.4 is 10.0 Å². The van der Waals surface area contributed by atoms with Gasteiger partial charge >= 0.3 is 0 Å². The van der Waals surface area contributed by atoms with Gasteiger partial charge < -0.3 is 5.32 Å². The van der Waals surface area contributed by atoms with Crippen molar-refractivity contribution in [1.29, 1.82) is 0 Å². The number of aromatic nitrogens is 1. The molecular formula is C20H23Cl2FN4O3S. The molecule has 31 heavy (non-hydrogen) atoms. The lowest BCUT2D eigenvalue weighted by Crippen LogP contribution is -2.53. The fraction of sp³-hybridized carbons (Fsp3) is 0.400. The van der Waals surface area contributed by atoms with Crippen molar-refractivity contribution in [3.05, 3.63) is 63.6 Å². The van der Waals surface area contributed by atoms with E-state index in [-0.39, 0.29) is 42.5 Å². The van der Waals surface area contributed by atoms with Crippen LogP contribution in [0, 0.1) is 5.82 Å². The van der Waals surface area contributed by atoms with Gasteiger partial charge in [-0.2, -0.15) is 12.7 Å². The number of amides is 1. The summed E-state index contributed by atoms with van der Waals surface area (Å²) in [6, 6.07) is 7.34. The van der Waals surface area contributed by atoms with Crippen LogP contribution in [0.3, 0.4) is 0 Å². The average molecular weight is 489 g/mol. The lowest BCUT2D eigenvalue weighted by Gasteiger charge is -2.41. The second-order valence-electron chi connectivity index (χ2n) is 7.32. The van der Waals surface area contributed by atoms with E-state index in [0.717, 1.165) is 0 Å². The summed E-state index contributed by atoms with van der Waals surface area (Å²) >= 11 is 12.0. The van der Waals surface area contributed by atoms with Crippen LogP contribution in [0.25, 0.3) is 0 Å². The van der Waals surface area contributed by atoms with Gasteiger partial charge in [0, 0.05) is 42.8 Å². The number of hydrogen-bond donors (Lipinski definition) is 2. The van der Waals surface area contributed by atoms with Crippen molar-refractivity contribution in [3.8, 4) is 0 Å². The van der Waals surface area contributed by atoms with E-state index >= 15 is 0 Å². The van der Waals surface area contributed by atoms with Crippen LogP contribution >= 0.6 is 23.2 Å². The Labute approximate surface area is 191 Å². The molecule has 0 saturated carbocycles. The second-order valence-corrected chi connectivity index (χ2v) is 9.92. The Morgan fingerprint density at radius 3 is 2.58 bits per heavy atom. The van der Waals surface area contributed by atoms with Crippen LogP contribution in [-0.2, 0) is 15.6 Å². The molecule has 2 heterocycles. The summed E-state index contributed by atoms with van der Waals surface area (Å²) in [4.78, 5) is 16.9. The molecule has 3 rings (SSSR count). The first kappa shape index (κ1) is 23.9. The first-order valence-electron chi connectivity index (χ1n) is 9.77. The van der Waals surface area contributed by atoms with E-state index in [1.54, 1.807) is 13.0 Å². The van der Waals surface area contributed by atoms with Crippen LogP contribution in [0.1, 0.15) is 35.8 Å². The van der Waals surface area contributed by atoms with Crippen molar-refractivity contribution in [2.75, 3.05) is 26.2 Å². The minimum absolute atomic E-state index is 0.0772. The first-order valence-corrected chi connectivity index (χ1v) is 12.0. The standard InChI is InChI=1S/C20H23Cl2FN4O3S/c1-2-26-31(29,30)27-10-7-20(8-11-27,18-17(23)4-3-9-24-18)13-25-19(28)15-6-5-14(21)12-16(15)22/h3-6,9,12,26H,2,7-8,10-11,13H2,1H3,(H,25,28). The highest BCUT2D eigenvalue weighted by atomic mass is 35.5. The average Bonchev–Trinajstić information content (AvgIpc) is 2.72. The molecule has 1 aromatic carbocycles. The molecule has 0 bridgehead atoms. The summed E-state index contributed by atoms with van der Waals surface area (Å²) in [5, 5.41) is 3.43. The lowest BCUT2D eigenvalue weighted by atomic mass is 9.75. The van der Waals surface area contributed by atoms with Gasteiger partial charge in [-0.25, -0.2) is 9.11 Å². The van der Waals surface area contributed by atoms with Gasteiger partial charge in [-0.3, -0.25) is 9.78 Å². The fourth-order valence-electron chi connectivity index (χ4n) is 3.72. The van der Waals surface area contributed by atoms with E-state index in [2.05, 4.69) is 15.0 Å². The Bertz CT molecular complexity index is 1060. The van der Waals surface area contributed by atoms with Crippen LogP contribution in [0.5, 0.6) is 0 Å². The molecule has 0 atom stereocenters. The van der Waals surface area contributed by atoms with E-state index in [0.29, 0.717) is 17.9 Å². The number of hydrogen-bond acceptors (Lipinski definition) is 4. The highest BCUT2D eigenvalue weighted by Gasteiger charge is 2.42. The molecule has 2 N–H and O–H groups in total. The van der Waals surface area contributed by atoms with Gasteiger partial charge in [0.15, 0.2) is 0 Å². The fourth-order valence-corrected chi connectivity index (χ4v) is 5.42. The minimum Gasteiger partial charge on any atom is -0.351 e. The molecule has 0 aliphatic carbocycles. The van der Waals surface area contributed by atoms with E-state index in [1.165, 1.54) is 34.8 Å². The minimum atomic E-state index is -3.61. The molecule has 11 heteroatoms. The molecule has 0 spiro atoms. The van der Waals surface area contributed by atoms with Crippen molar-refractivity contribution < 1.29 is 17.6 Å². The molecule has 1 aliphatic rings. The van der Waals surface area contributed by atoms with Crippen molar-refractivity contribution in [2.24, 2.45) is 0 Å². The summed E-state index contributed by atoms with van der Waals surface area (Å²) in [6.45, 7) is 2.39. The monoisotopic (exact) mass is 488 g/mol. The molecule has 1 amide bonds. The number of nitrogens with one attached hydrogen (secondary N) is 2. The predicted octanol–water partition coefficient (Wildman–Crippen LogP) is 3.15. The largest absolute Gasteiger partial charge is 0.351 e. The molecule has 1 saturated heterocycles. The number of halogens is 3. The number of piperidine rings is 1. The van der Waals surface area contributed by atoms with Gasteiger partial charge in [-0.1, -0.05) is 30.1 Å². The topological polar surface area (TPSA) is 91.4 Å². The molecular weight excluding hydrogens is 466 g/mol. The summed E-state index contributed by atoms with van der Waals surface area (Å²) in [7, 11) is -3.61. The number of carbonyl (C=O) groups is 1. The lowest BCUT2D eigenvalue weighted by molar-refractivity contribution is 0.0931. The predicted molar refractivity (Wildman–Crippen MR) is 118 cm³/mol. The van der Waals surface area contributed by atoms with Crippen molar-refractivity contribution in [1.82, 2.24) is 19.3 Å². The SMILES string of the molecule is CCNS(=O)(=O)N1CCC(CNC(=O)c2ccc(Cl)cc2Cl)(c2ncccc2F)CC1. The zero-order valence-electron chi connectivity index (χ0n) is 16.9. The van der Waals surface area contributed by atoms with Gasteiger partial charge in [-0.05, 0) is 43.2 Å². The third-order valence-electron chi connectivity index (χ3n) is 5.37. The Balaban J connectivity index is 1.83. The molecule has 0 unspecified atom stereocenters. The Hall–Kier alpha value is -1.78. The highest BCUT2D eigenvalue weighted by molar-refractivity contribution is 7.87. The molecule has 1 aromatic heterocycles. The number of benzene rings is 1. The van der Waals surface area contributed by atoms with Crippen molar-refractivity contribution >= 4 is 39.3 Å². The summed E-state index contributed by atoms with van der Waals surface area (Å²) < 4.78 is 43.2. The molecule has 1 aliphatic heterocycles. The summed E-state index contributed by atoms with van der Waals surface area (Å²) in [5.74, 6) is -0.927. The maximum atomic E-state index is 14.7. The number of pyridine rings is 1. The zero-order valence-corrected chi connectivity index (χ0v) is 19.2. The van der Waals surface area contributed by atoms with E-state index in [9.17, 15) is 17.6 Å². The molecule has 2 aromatic rings. The highest BCUT2D eigenvalue weighted by Crippen LogP contribution is 2.36. The smallest absolute Gasteiger partial charge is 0.279 e. The first-order chi connectivity index (χ1) is 14.7. The maximum Gasteiger partial charge on any atom is 0.279 e. The Morgan fingerprint density at radius 1 is 1.26 bits per heavy atom. The molecule has 168 valence electrons. The second kappa shape index (κ2) is 9.79. The van der Waals surface area contributed by atoms with Crippen molar-refractivity contribution in [2.45, 2.75) is 25.2 Å². The third-order valence-corrected chi connectivity index (χ3v) is 7.62. The Morgan fingerprint density at radius 2 is 1.97 bits per heavy atom.